The second kappa shape index (κ2) is 13.3. The highest BCUT2D eigenvalue weighted by molar-refractivity contribution is 7.80. The molecule has 0 bridgehead atoms. The number of carbonyl (C=O) groups is 2. The molecule has 2 aromatic carbocycles. The molecule has 0 radical (unpaired) electrons. The SMILES string of the molecule is CCCN(CCC)C(=O)c1cccc(NC(=S)NC(=O)/C=C/c2ccc(OCC)cc2)c1. The Hall–Kier alpha value is -3.19. The molecule has 32 heavy (non-hydrogen) atoms. The lowest BCUT2D eigenvalue weighted by Crippen LogP contribution is -2.33. The van der Waals surface area contributed by atoms with Crippen molar-refractivity contribution in [2.45, 2.75) is 33.6 Å². The highest BCUT2D eigenvalue weighted by Crippen LogP contribution is 2.14. The van der Waals surface area contributed by atoms with Gasteiger partial charge in [0, 0.05) is 30.4 Å². The summed E-state index contributed by atoms with van der Waals surface area (Å²) in [6, 6.07) is 14.6. The average Bonchev–Trinajstić information content (AvgIpc) is 2.78. The molecule has 0 heterocycles. The van der Waals surface area contributed by atoms with Gasteiger partial charge in [0.15, 0.2) is 5.11 Å². The molecule has 7 heteroatoms. The second-order valence-corrected chi connectivity index (χ2v) is 7.56. The van der Waals surface area contributed by atoms with Gasteiger partial charge in [0.25, 0.3) is 5.91 Å². The Kier molecular flexibility index (Phi) is 10.4. The fourth-order valence-electron chi connectivity index (χ4n) is 3.10. The van der Waals surface area contributed by atoms with Crippen molar-refractivity contribution in [3.8, 4) is 5.75 Å². The first-order valence-corrected chi connectivity index (χ1v) is 11.3. The fraction of sp³-hybridized carbons (Fsp3) is 0.320. The van der Waals surface area contributed by atoms with Crippen LogP contribution in [-0.2, 0) is 4.79 Å². The predicted octanol–water partition coefficient (Wildman–Crippen LogP) is 4.87. The highest BCUT2D eigenvalue weighted by Gasteiger charge is 2.14. The molecular formula is C25H31N3O3S. The zero-order valence-corrected chi connectivity index (χ0v) is 19.7. The van der Waals surface area contributed by atoms with Gasteiger partial charge in [-0.15, -0.1) is 0 Å². The Bertz CT molecular complexity index is 936. The number of rotatable bonds is 10. The zero-order chi connectivity index (χ0) is 23.3. The van der Waals surface area contributed by atoms with Crippen LogP contribution in [-0.4, -0.2) is 41.5 Å². The first kappa shape index (κ1) is 25.1. The summed E-state index contributed by atoms with van der Waals surface area (Å²) in [4.78, 5) is 26.8. The third-order valence-electron chi connectivity index (χ3n) is 4.50. The summed E-state index contributed by atoms with van der Waals surface area (Å²) < 4.78 is 5.40. The van der Waals surface area contributed by atoms with Gasteiger partial charge in [0.05, 0.1) is 6.61 Å². The number of thiocarbonyl (C=S) groups is 1. The second-order valence-electron chi connectivity index (χ2n) is 7.15. The minimum atomic E-state index is -0.347. The van der Waals surface area contributed by atoms with Gasteiger partial charge in [-0.2, -0.15) is 0 Å². The molecule has 0 spiro atoms. The van der Waals surface area contributed by atoms with Crippen LogP contribution in [0.25, 0.3) is 6.08 Å². The molecule has 0 aliphatic carbocycles. The van der Waals surface area contributed by atoms with E-state index < -0.39 is 0 Å². The normalized spacial score (nSPS) is 10.6. The van der Waals surface area contributed by atoms with Crippen LogP contribution in [0.3, 0.4) is 0 Å². The van der Waals surface area contributed by atoms with Crippen LogP contribution in [0.1, 0.15) is 49.5 Å². The molecule has 2 amide bonds. The van der Waals surface area contributed by atoms with Crippen molar-refractivity contribution in [3.05, 3.63) is 65.7 Å². The van der Waals surface area contributed by atoms with Gasteiger partial charge >= 0.3 is 0 Å². The Morgan fingerprint density at radius 3 is 2.34 bits per heavy atom. The van der Waals surface area contributed by atoms with Gasteiger partial charge in [-0.1, -0.05) is 32.0 Å². The molecule has 0 atom stereocenters. The topological polar surface area (TPSA) is 70.7 Å². The van der Waals surface area contributed by atoms with E-state index >= 15 is 0 Å². The zero-order valence-electron chi connectivity index (χ0n) is 18.9. The minimum absolute atomic E-state index is 0.00871. The van der Waals surface area contributed by atoms with E-state index in [-0.39, 0.29) is 16.9 Å². The van der Waals surface area contributed by atoms with E-state index in [1.807, 2.05) is 36.1 Å². The van der Waals surface area contributed by atoms with Gasteiger partial charge in [-0.05, 0) is 74.0 Å². The molecule has 0 saturated carbocycles. The monoisotopic (exact) mass is 453 g/mol. The summed E-state index contributed by atoms with van der Waals surface area (Å²) >= 11 is 5.24. The van der Waals surface area contributed by atoms with E-state index in [1.165, 1.54) is 6.08 Å². The summed E-state index contributed by atoms with van der Waals surface area (Å²) in [7, 11) is 0. The lowest BCUT2D eigenvalue weighted by molar-refractivity contribution is -0.115. The standard InChI is InChI=1S/C25H31N3O3S/c1-4-16-28(17-5-2)24(30)20-8-7-9-21(18-20)26-25(32)27-23(29)15-12-19-10-13-22(14-11-19)31-6-3/h7-15,18H,4-6,16-17H2,1-3H3,(H2,26,27,29,32)/b15-12+. The Morgan fingerprint density at radius 2 is 1.72 bits per heavy atom. The molecule has 2 aromatic rings. The third-order valence-corrected chi connectivity index (χ3v) is 4.70. The maximum atomic E-state index is 12.8. The maximum Gasteiger partial charge on any atom is 0.253 e. The average molecular weight is 454 g/mol. The van der Waals surface area contributed by atoms with Crippen molar-refractivity contribution in [2.75, 3.05) is 25.0 Å². The van der Waals surface area contributed by atoms with E-state index in [0.717, 1.165) is 37.2 Å². The van der Waals surface area contributed by atoms with Gasteiger partial charge in [-0.25, -0.2) is 0 Å². The van der Waals surface area contributed by atoms with Crippen LogP contribution in [0.4, 0.5) is 5.69 Å². The summed E-state index contributed by atoms with van der Waals surface area (Å²) in [5, 5.41) is 5.75. The van der Waals surface area contributed by atoms with Crippen molar-refractivity contribution in [1.29, 1.82) is 0 Å². The van der Waals surface area contributed by atoms with Crippen LogP contribution >= 0.6 is 12.2 Å². The Balaban J connectivity index is 1.94. The summed E-state index contributed by atoms with van der Waals surface area (Å²) in [5.41, 5.74) is 2.10. The number of nitrogens with one attached hydrogen (secondary N) is 2. The molecule has 2 rings (SSSR count). The lowest BCUT2D eigenvalue weighted by Gasteiger charge is -2.21. The summed E-state index contributed by atoms with van der Waals surface area (Å²) in [6.45, 7) is 8.09. The Morgan fingerprint density at radius 1 is 1.03 bits per heavy atom. The molecule has 6 nitrogen and oxygen atoms in total. The molecule has 2 N–H and O–H groups in total. The predicted molar refractivity (Wildman–Crippen MR) is 134 cm³/mol. The number of hydrogen-bond donors (Lipinski definition) is 2. The van der Waals surface area contributed by atoms with E-state index in [1.54, 1.807) is 30.3 Å². The van der Waals surface area contributed by atoms with Crippen molar-refractivity contribution >= 4 is 40.9 Å². The number of hydrogen-bond acceptors (Lipinski definition) is 4. The van der Waals surface area contributed by atoms with Crippen molar-refractivity contribution in [3.63, 3.8) is 0 Å². The van der Waals surface area contributed by atoms with Crippen LogP contribution in [0.15, 0.2) is 54.6 Å². The molecule has 0 fully saturated rings. The number of amides is 2. The fourth-order valence-corrected chi connectivity index (χ4v) is 3.32. The largest absolute Gasteiger partial charge is 0.494 e. The smallest absolute Gasteiger partial charge is 0.253 e. The van der Waals surface area contributed by atoms with Crippen LogP contribution in [0.5, 0.6) is 5.75 Å². The van der Waals surface area contributed by atoms with Gasteiger partial charge in [0.2, 0.25) is 5.91 Å². The van der Waals surface area contributed by atoms with E-state index in [9.17, 15) is 9.59 Å². The Labute approximate surface area is 195 Å². The molecule has 0 aliphatic heterocycles. The number of anilines is 1. The first-order chi connectivity index (χ1) is 15.5. The summed E-state index contributed by atoms with van der Waals surface area (Å²) in [5.74, 6) is 0.430. The number of nitrogens with zero attached hydrogens (tertiary/aromatic N) is 1. The molecule has 170 valence electrons. The van der Waals surface area contributed by atoms with Crippen molar-refractivity contribution < 1.29 is 14.3 Å². The quantitative estimate of drug-likeness (QED) is 0.397. The molecule has 0 aromatic heterocycles. The van der Waals surface area contributed by atoms with Gasteiger partial charge in [0.1, 0.15) is 5.75 Å². The molecule has 0 aliphatic rings. The van der Waals surface area contributed by atoms with Gasteiger partial charge < -0.3 is 15.0 Å². The van der Waals surface area contributed by atoms with Crippen molar-refractivity contribution in [2.24, 2.45) is 0 Å². The third kappa shape index (κ3) is 8.15. The number of carbonyl (C=O) groups excluding carboxylic acids is 2. The molecule has 0 unspecified atom stereocenters. The lowest BCUT2D eigenvalue weighted by atomic mass is 10.1. The van der Waals surface area contributed by atoms with E-state index in [2.05, 4.69) is 24.5 Å². The molecule has 0 saturated heterocycles. The number of benzene rings is 2. The van der Waals surface area contributed by atoms with E-state index in [4.69, 9.17) is 17.0 Å². The molecular weight excluding hydrogens is 422 g/mol. The first-order valence-electron chi connectivity index (χ1n) is 10.9. The van der Waals surface area contributed by atoms with Crippen LogP contribution in [0, 0.1) is 0 Å². The number of ether oxygens (including phenoxy) is 1. The van der Waals surface area contributed by atoms with Crippen LogP contribution in [0.2, 0.25) is 0 Å². The highest BCUT2D eigenvalue weighted by atomic mass is 32.1. The maximum absolute atomic E-state index is 12.8. The summed E-state index contributed by atoms with van der Waals surface area (Å²) in [6.07, 6.45) is 4.92. The minimum Gasteiger partial charge on any atom is -0.494 e. The van der Waals surface area contributed by atoms with Gasteiger partial charge in [-0.3, -0.25) is 14.9 Å². The van der Waals surface area contributed by atoms with Crippen molar-refractivity contribution in [1.82, 2.24) is 10.2 Å². The van der Waals surface area contributed by atoms with E-state index in [0.29, 0.717) is 17.9 Å². The van der Waals surface area contributed by atoms with Crippen LogP contribution < -0.4 is 15.4 Å².